The van der Waals surface area contributed by atoms with Crippen molar-refractivity contribution < 1.29 is 18.3 Å². The molecule has 0 unspecified atom stereocenters. The lowest BCUT2D eigenvalue weighted by atomic mass is 10.0. The highest BCUT2D eigenvalue weighted by molar-refractivity contribution is 6.31. The third kappa shape index (κ3) is 5.02. The number of morpholine rings is 1. The molecule has 3 heterocycles. The first-order chi connectivity index (χ1) is 17.3. The Morgan fingerprint density at radius 2 is 1.86 bits per heavy atom. The zero-order chi connectivity index (χ0) is 25.4. The molecule has 2 atom stereocenters. The third-order valence-electron chi connectivity index (χ3n) is 6.38. The zero-order valence-electron chi connectivity index (χ0n) is 20.0. The lowest BCUT2D eigenvalue weighted by Crippen LogP contribution is -2.44. The fraction of sp³-hybridized carbons (Fsp3) is 0.296. The summed E-state index contributed by atoms with van der Waals surface area (Å²) in [6.45, 7) is 6.50. The lowest BCUT2D eigenvalue weighted by molar-refractivity contribution is -0.0703. The molecule has 0 spiro atoms. The van der Waals surface area contributed by atoms with E-state index in [4.69, 9.17) is 26.8 Å². The van der Waals surface area contributed by atoms with Crippen LogP contribution in [0, 0.1) is 11.6 Å². The van der Waals surface area contributed by atoms with E-state index in [-0.39, 0.29) is 41.0 Å². The highest BCUT2D eigenvalue weighted by Gasteiger charge is 2.23. The van der Waals surface area contributed by atoms with Gasteiger partial charge in [0.2, 0.25) is 0 Å². The molecule has 2 aromatic heterocycles. The second-order valence-electron chi connectivity index (χ2n) is 9.24. The van der Waals surface area contributed by atoms with Crippen LogP contribution in [0.25, 0.3) is 22.0 Å². The second kappa shape index (κ2) is 10.0. The molecule has 0 bridgehead atoms. The molecule has 36 heavy (non-hydrogen) atoms. The van der Waals surface area contributed by atoms with Crippen LogP contribution >= 0.6 is 11.6 Å². The Hall–Kier alpha value is -3.20. The van der Waals surface area contributed by atoms with Gasteiger partial charge in [0.25, 0.3) is 0 Å². The van der Waals surface area contributed by atoms with Gasteiger partial charge >= 0.3 is 0 Å². The number of pyridine rings is 1. The van der Waals surface area contributed by atoms with Gasteiger partial charge in [0.05, 0.1) is 17.2 Å². The van der Waals surface area contributed by atoms with Crippen molar-refractivity contribution in [3.63, 3.8) is 0 Å². The first-order valence-corrected chi connectivity index (χ1v) is 12.1. The van der Waals surface area contributed by atoms with E-state index >= 15 is 0 Å². The molecule has 0 saturated carbocycles. The van der Waals surface area contributed by atoms with E-state index in [2.05, 4.69) is 34.8 Å². The summed E-state index contributed by atoms with van der Waals surface area (Å²) in [7, 11) is 0. The Kier molecular flexibility index (Phi) is 6.83. The number of halogens is 3. The lowest BCUT2D eigenvalue weighted by Gasteiger charge is -2.35. The average Bonchev–Trinajstić information content (AvgIpc) is 3.24. The van der Waals surface area contributed by atoms with Crippen LogP contribution in [0.3, 0.4) is 0 Å². The number of hydrogen-bond donors (Lipinski definition) is 2. The van der Waals surface area contributed by atoms with Crippen molar-refractivity contribution in [3.05, 3.63) is 76.6 Å². The van der Waals surface area contributed by atoms with Crippen LogP contribution in [0.1, 0.15) is 25.0 Å². The molecule has 2 aromatic carbocycles. The first kappa shape index (κ1) is 24.5. The second-order valence-corrected chi connectivity index (χ2v) is 9.62. The summed E-state index contributed by atoms with van der Waals surface area (Å²) in [5, 5.41) is 0.805. The van der Waals surface area contributed by atoms with E-state index in [1.807, 2.05) is 18.3 Å². The quantitative estimate of drug-likeness (QED) is 0.313. The number of H-pyrrole nitrogens is 1. The Balaban J connectivity index is 1.40. The molecule has 6 nitrogen and oxygen atoms in total. The van der Waals surface area contributed by atoms with Crippen molar-refractivity contribution in [3.8, 4) is 16.9 Å². The van der Waals surface area contributed by atoms with Crippen LogP contribution in [0.15, 0.2) is 48.8 Å². The zero-order valence-corrected chi connectivity index (χ0v) is 20.8. The van der Waals surface area contributed by atoms with Crippen molar-refractivity contribution >= 4 is 28.3 Å². The molecule has 188 valence electrons. The summed E-state index contributed by atoms with van der Waals surface area (Å²) >= 11 is 5.92. The normalized spacial score (nSPS) is 18.6. The van der Waals surface area contributed by atoms with Gasteiger partial charge in [-0.1, -0.05) is 17.7 Å². The topological polar surface area (TPSA) is 76.4 Å². The highest BCUT2D eigenvalue weighted by Crippen LogP contribution is 2.32. The number of nitrogens with zero attached hydrogens (tertiary/aromatic N) is 2. The molecule has 4 aromatic rings. The van der Waals surface area contributed by atoms with Crippen molar-refractivity contribution in [2.75, 3.05) is 18.8 Å². The van der Waals surface area contributed by atoms with Gasteiger partial charge in [-0.15, -0.1) is 0 Å². The molecule has 5 rings (SSSR count). The fourth-order valence-electron chi connectivity index (χ4n) is 4.72. The van der Waals surface area contributed by atoms with Crippen LogP contribution < -0.4 is 10.5 Å². The van der Waals surface area contributed by atoms with Gasteiger partial charge < -0.3 is 20.2 Å². The predicted molar refractivity (Wildman–Crippen MR) is 137 cm³/mol. The largest absolute Gasteiger partial charge is 0.485 e. The van der Waals surface area contributed by atoms with Gasteiger partial charge in [-0.2, -0.15) is 0 Å². The van der Waals surface area contributed by atoms with E-state index < -0.39 is 11.6 Å². The number of nitrogen functional groups attached to an aromatic ring is 1. The van der Waals surface area contributed by atoms with Gasteiger partial charge in [0, 0.05) is 54.1 Å². The maximum absolute atomic E-state index is 14.2. The first-order valence-electron chi connectivity index (χ1n) is 11.8. The number of ether oxygens (including phenoxy) is 2. The molecule has 0 amide bonds. The van der Waals surface area contributed by atoms with Gasteiger partial charge in [-0.25, -0.2) is 13.8 Å². The summed E-state index contributed by atoms with van der Waals surface area (Å²) in [6, 6.07) is 9.85. The number of hydrogen-bond acceptors (Lipinski definition) is 5. The van der Waals surface area contributed by atoms with Crippen LogP contribution in [-0.4, -0.2) is 40.2 Å². The molecule has 1 aliphatic heterocycles. The molecule has 0 radical (unpaired) electrons. The summed E-state index contributed by atoms with van der Waals surface area (Å²) < 4.78 is 39.5. The van der Waals surface area contributed by atoms with E-state index in [1.165, 1.54) is 5.56 Å². The number of aromatic nitrogens is 2. The van der Waals surface area contributed by atoms with Crippen molar-refractivity contribution in [1.82, 2.24) is 14.9 Å². The fourth-order valence-corrected chi connectivity index (χ4v) is 4.93. The molecule has 0 aliphatic carbocycles. The number of anilines is 1. The SMILES string of the molecule is C[C@@H]1CN(Cc2c[nH]c3ccc(-c4cnc(N)c(OCc5c(F)ccc(F)c5Cl)c4)cc23)C[C@H](C)O1. The average molecular weight is 513 g/mol. The molecular weight excluding hydrogens is 486 g/mol. The predicted octanol–water partition coefficient (Wildman–Crippen LogP) is 5.93. The number of nitrogens with two attached hydrogens (primary N) is 1. The number of rotatable bonds is 6. The molecule has 1 aliphatic rings. The minimum Gasteiger partial charge on any atom is -0.485 e. The van der Waals surface area contributed by atoms with E-state index in [0.717, 1.165) is 53.8 Å². The van der Waals surface area contributed by atoms with Gasteiger partial charge in [0.1, 0.15) is 18.2 Å². The number of nitrogens with one attached hydrogen (secondary N) is 1. The molecule has 1 saturated heterocycles. The minimum absolute atomic E-state index is 0.0772. The van der Waals surface area contributed by atoms with Gasteiger partial charge in [-0.3, -0.25) is 4.90 Å². The number of benzene rings is 2. The van der Waals surface area contributed by atoms with E-state index in [1.54, 1.807) is 12.3 Å². The van der Waals surface area contributed by atoms with E-state index in [0.29, 0.717) is 0 Å². The van der Waals surface area contributed by atoms with Crippen LogP contribution in [0.2, 0.25) is 5.02 Å². The highest BCUT2D eigenvalue weighted by atomic mass is 35.5. The molecule has 1 fully saturated rings. The Morgan fingerprint density at radius 1 is 1.11 bits per heavy atom. The van der Waals surface area contributed by atoms with Crippen molar-refractivity contribution in [2.45, 2.75) is 39.2 Å². The summed E-state index contributed by atoms with van der Waals surface area (Å²) in [5.74, 6) is -0.963. The Morgan fingerprint density at radius 3 is 2.64 bits per heavy atom. The van der Waals surface area contributed by atoms with Crippen LogP contribution in [0.4, 0.5) is 14.6 Å². The molecular formula is C27H27ClF2N4O2. The third-order valence-corrected chi connectivity index (χ3v) is 6.79. The van der Waals surface area contributed by atoms with Crippen molar-refractivity contribution in [1.29, 1.82) is 0 Å². The summed E-state index contributed by atoms with van der Waals surface area (Å²) in [5.41, 5.74) is 9.88. The minimum atomic E-state index is -0.715. The Labute approximate surface area is 213 Å². The van der Waals surface area contributed by atoms with Gasteiger partial charge in [0.15, 0.2) is 11.6 Å². The maximum atomic E-state index is 14.2. The number of fused-ring (bicyclic) bond motifs is 1. The maximum Gasteiger partial charge on any atom is 0.166 e. The van der Waals surface area contributed by atoms with E-state index in [9.17, 15) is 8.78 Å². The number of aromatic amines is 1. The molecule has 3 N–H and O–H groups in total. The van der Waals surface area contributed by atoms with Crippen LogP contribution in [-0.2, 0) is 17.9 Å². The van der Waals surface area contributed by atoms with Crippen molar-refractivity contribution in [2.24, 2.45) is 0 Å². The smallest absolute Gasteiger partial charge is 0.166 e. The Bertz CT molecular complexity index is 1400. The van der Waals surface area contributed by atoms with Gasteiger partial charge in [-0.05, 0) is 55.3 Å². The monoisotopic (exact) mass is 512 g/mol. The van der Waals surface area contributed by atoms with Crippen LogP contribution in [0.5, 0.6) is 5.75 Å². The summed E-state index contributed by atoms with van der Waals surface area (Å²) in [6.07, 6.45) is 4.11. The summed E-state index contributed by atoms with van der Waals surface area (Å²) in [4.78, 5) is 10.0. The standard InChI is InChI=1S/C27H27ClF2N4O2/c1-15-11-34(12-16(2)36-15)13-19-10-32-24-6-3-17(7-20(19)24)18-8-25(27(31)33-9-18)35-14-21-22(29)4-5-23(30)26(21)28/h3-10,15-16,32H,11-14H2,1-2H3,(H2,31,33)/t15-,16+. The molecule has 9 heteroatoms.